The SMILES string of the molecule is CC1CCc2c(sc3nnn(CC(=O)N4CCCCCC4)c(=O)c23)C1. The molecule has 7 heteroatoms. The molecule has 2 aromatic heterocycles. The summed E-state index contributed by atoms with van der Waals surface area (Å²) in [7, 11) is 0. The lowest BCUT2D eigenvalue weighted by molar-refractivity contribution is -0.132. The van der Waals surface area contributed by atoms with Crippen LogP contribution in [0.3, 0.4) is 0 Å². The number of amides is 1. The van der Waals surface area contributed by atoms with Crippen molar-refractivity contribution in [3.8, 4) is 0 Å². The van der Waals surface area contributed by atoms with Gasteiger partial charge in [-0.25, -0.2) is 4.68 Å². The van der Waals surface area contributed by atoms with Crippen molar-refractivity contribution in [2.45, 2.75) is 58.4 Å². The summed E-state index contributed by atoms with van der Waals surface area (Å²) < 4.78 is 1.26. The molecule has 1 fully saturated rings. The van der Waals surface area contributed by atoms with Crippen LogP contribution in [0, 0.1) is 5.92 Å². The molecule has 2 aromatic rings. The summed E-state index contributed by atoms with van der Waals surface area (Å²) in [6.07, 6.45) is 7.49. The standard InChI is InChI=1S/C18H24N4O2S/c1-12-6-7-13-14(10-12)25-17-16(13)18(24)22(20-19-17)11-15(23)21-8-4-2-3-5-9-21/h12H,2-11H2,1H3. The number of carbonyl (C=O) groups is 1. The third-order valence-corrected chi connectivity index (χ3v) is 6.57. The van der Waals surface area contributed by atoms with E-state index in [1.165, 1.54) is 22.4 Å². The fourth-order valence-electron chi connectivity index (χ4n) is 3.94. The highest BCUT2D eigenvalue weighted by Crippen LogP contribution is 2.35. The summed E-state index contributed by atoms with van der Waals surface area (Å²) in [6, 6.07) is 0. The van der Waals surface area contributed by atoms with Crippen molar-refractivity contribution in [2.24, 2.45) is 5.92 Å². The minimum absolute atomic E-state index is 0.00277. The Hall–Kier alpha value is -1.76. The molecule has 0 saturated carbocycles. The molecule has 1 aliphatic heterocycles. The molecule has 1 amide bonds. The molecule has 1 aliphatic carbocycles. The van der Waals surface area contributed by atoms with Crippen LogP contribution >= 0.6 is 11.3 Å². The van der Waals surface area contributed by atoms with E-state index < -0.39 is 0 Å². The molecular formula is C18H24N4O2S. The third kappa shape index (κ3) is 3.21. The van der Waals surface area contributed by atoms with Crippen LogP contribution in [0.4, 0.5) is 0 Å². The zero-order valence-corrected chi connectivity index (χ0v) is 15.5. The number of aromatic nitrogens is 3. The van der Waals surface area contributed by atoms with Gasteiger partial charge in [-0.05, 0) is 43.6 Å². The molecule has 2 aliphatic rings. The van der Waals surface area contributed by atoms with Crippen LogP contribution in [-0.2, 0) is 24.2 Å². The number of carbonyl (C=O) groups excluding carboxylic acids is 1. The summed E-state index contributed by atoms with van der Waals surface area (Å²) in [5, 5.41) is 8.99. The minimum atomic E-state index is -0.153. The van der Waals surface area contributed by atoms with E-state index in [-0.39, 0.29) is 18.0 Å². The van der Waals surface area contributed by atoms with Crippen molar-refractivity contribution in [2.75, 3.05) is 13.1 Å². The number of likely N-dealkylation sites (tertiary alicyclic amines) is 1. The molecule has 134 valence electrons. The van der Waals surface area contributed by atoms with E-state index in [9.17, 15) is 9.59 Å². The molecule has 1 atom stereocenters. The van der Waals surface area contributed by atoms with Gasteiger partial charge < -0.3 is 4.90 Å². The first-order chi connectivity index (χ1) is 12.1. The van der Waals surface area contributed by atoms with Gasteiger partial charge in [-0.3, -0.25) is 9.59 Å². The van der Waals surface area contributed by atoms with Gasteiger partial charge in [0.2, 0.25) is 5.91 Å². The van der Waals surface area contributed by atoms with E-state index in [0.29, 0.717) is 11.3 Å². The second kappa shape index (κ2) is 6.86. The fraction of sp³-hybridized carbons (Fsp3) is 0.667. The Balaban J connectivity index is 1.63. The van der Waals surface area contributed by atoms with Crippen molar-refractivity contribution in [3.05, 3.63) is 20.8 Å². The summed E-state index contributed by atoms with van der Waals surface area (Å²) in [5.74, 6) is 0.635. The highest BCUT2D eigenvalue weighted by Gasteiger charge is 2.24. The summed E-state index contributed by atoms with van der Waals surface area (Å²) in [4.78, 5) is 29.4. The molecule has 1 saturated heterocycles. The zero-order valence-electron chi connectivity index (χ0n) is 14.7. The number of fused-ring (bicyclic) bond motifs is 3. The summed E-state index contributed by atoms with van der Waals surface area (Å²) >= 11 is 1.59. The third-order valence-electron chi connectivity index (χ3n) is 5.43. The van der Waals surface area contributed by atoms with Crippen molar-refractivity contribution in [1.29, 1.82) is 0 Å². The first-order valence-corrected chi connectivity index (χ1v) is 10.1. The predicted octanol–water partition coefficient (Wildman–Crippen LogP) is 2.38. The normalized spacial score (nSPS) is 21.2. The Morgan fingerprint density at radius 2 is 2.00 bits per heavy atom. The van der Waals surface area contributed by atoms with Crippen LogP contribution in [0.1, 0.15) is 49.5 Å². The lowest BCUT2D eigenvalue weighted by atomic mass is 9.89. The number of hydrogen-bond donors (Lipinski definition) is 0. The van der Waals surface area contributed by atoms with Crippen LogP contribution in [0.15, 0.2) is 4.79 Å². The topological polar surface area (TPSA) is 68.1 Å². The Bertz CT molecular complexity index is 849. The van der Waals surface area contributed by atoms with Crippen molar-refractivity contribution in [3.63, 3.8) is 0 Å². The lowest BCUT2D eigenvalue weighted by Gasteiger charge is -2.20. The number of nitrogens with zero attached hydrogens (tertiary/aromatic N) is 4. The van der Waals surface area contributed by atoms with E-state index in [1.807, 2.05) is 4.90 Å². The Labute approximate surface area is 150 Å². The molecule has 0 spiro atoms. The average Bonchev–Trinajstić information content (AvgIpc) is 2.78. The number of aryl methyl sites for hydroxylation is 1. The minimum Gasteiger partial charge on any atom is -0.341 e. The Morgan fingerprint density at radius 3 is 2.76 bits per heavy atom. The van der Waals surface area contributed by atoms with Gasteiger partial charge in [0, 0.05) is 18.0 Å². The number of rotatable bonds is 2. The highest BCUT2D eigenvalue weighted by molar-refractivity contribution is 7.18. The van der Waals surface area contributed by atoms with Gasteiger partial charge in [-0.15, -0.1) is 16.4 Å². The smallest absolute Gasteiger partial charge is 0.279 e. The quantitative estimate of drug-likeness (QED) is 0.825. The van der Waals surface area contributed by atoms with Crippen LogP contribution in [-0.4, -0.2) is 38.9 Å². The maximum atomic E-state index is 12.9. The summed E-state index contributed by atoms with van der Waals surface area (Å²) in [6.45, 7) is 3.82. The molecule has 0 bridgehead atoms. The molecule has 25 heavy (non-hydrogen) atoms. The summed E-state index contributed by atoms with van der Waals surface area (Å²) in [5.41, 5.74) is 0.995. The maximum Gasteiger partial charge on any atom is 0.279 e. The second-order valence-electron chi connectivity index (χ2n) is 7.38. The molecule has 0 N–H and O–H groups in total. The van der Waals surface area contributed by atoms with Crippen LogP contribution in [0.2, 0.25) is 0 Å². The monoisotopic (exact) mass is 360 g/mol. The van der Waals surface area contributed by atoms with Gasteiger partial charge in [0.25, 0.3) is 5.56 Å². The van der Waals surface area contributed by atoms with Crippen molar-refractivity contribution >= 4 is 27.5 Å². The number of thiophene rings is 1. The first kappa shape index (κ1) is 16.7. The van der Waals surface area contributed by atoms with E-state index in [0.717, 1.165) is 55.6 Å². The van der Waals surface area contributed by atoms with Crippen molar-refractivity contribution in [1.82, 2.24) is 19.9 Å². The van der Waals surface area contributed by atoms with E-state index in [4.69, 9.17) is 0 Å². The average molecular weight is 360 g/mol. The van der Waals surface area contributed by atoms with Gasteiger partial charge in [-0.1, -0.05) is 25.0 Å². The number of hydrogen-bond acceptors (Lipinski definition) is 5. The fourth-order valence-corrected chi connectivity index (χ4v) is 5.26. The van der Waals surface area contributed by atoms with Gasteiger partial charge in [0.05, 0.1) is 5.39 Å². The maximum absolute atomic E-state index is 12.9. The zero-order chi connectivity index (χ0) is 17.4. The largest absolute Gasteiger partial charge is 0.341 e. The first-order valence-electron chi connectivity index (χ1n) is 9.29. The van der Waals surface area contributed by atoms with Crippen LogP contribution in [0.5, 0.6) is 0 Å². The predicted molar refractivity (Wildman–Crippen MR) is 97.9 cm³/mol. The molecule has 1 unspecified atom stereocenters. The molecular weight excluding hydrogens is 336 g/mol. The Kier molecular flexibility index (Phi) is 4.58. The second-order valence-corrected chi connectivity index (χ2v) is 8.46. The molecule has 4 rings (SSSR count). The van der Waals surface area contributed by atoms with Crippen LogP contribution in [0.25, 0.3) is 10.2 Å². The molecule has 0 aromatic carbocycles. The molecule has 3 heterocycles. The lowest BCUT2D eigenvalue weighted by Crippen LogP contribution is -2.38. The van der Waals surface area contributed by atoms with Gasteiger partial charge in [-0.2, -0.15) is 0 Å². The van der Waals surface area contributed by atoms with E-state index in [1.54, 1.807) is 11.3 Å². The molecule has 0 radical (unpaired) electrons. The van der Waals surface area contributed by atoms with E-state index in [2.05, 4.69) is 17.2 Å². The van der Waals surface area contributed by atoms with Gasteiger partial charge in [0.1, 0.15) is 6.54 Å². The van der Waals surface area contributed by atoms with Gasteiger partial charge in [0.15, 0.2) is 4.83 Å². The van der Waals surface area contributed by atoms with Crippen molar-refractivity contribution < 1.29 is 4.79 Å². The molecule has 6 nitrogen and oxygen atoms in total. The Morgan fingerprint density at radius 1 is 1.24 bits per heavy atom. The van der Waals surface area contributed by atoms with Gasteiger partial charge >= 0.3 is 0 Å². The highest BCUT2D eigenvalue weighted by atomic mass is 32.1. The van der Waals surface area contributed by atoms with E-state index >= 15 is 0 Å². The van der Waals surface area contributed by atoms with Crippen LogP contribution < -0.4 is 5.56 Å².